The van der Waals surface area contributed by atoms with Gasteiger partial charge in [-0.15, -0.1) is 0 Å². The van der Waals surface area contributed by atoms with Gasteiger partial charge in [-0.05, 0) is 50.3 Å². The number of rotatable bonds is 8. The van der Waals surface area contributed by atoms with E-state index >= 15 is 0 Å². The smallest absolute Gasteiger partial charge is 0.315 e. The Bertz CT molecular complexity index is 667. The van der Waals surface area contributed by atoms with Crippen molar-refractivity contribution in [2.24, 2.45) is 5.92 Å². The summed E-state index contributed by atoms with van der Waals surface area (Å²) in [6.07, 6.45) is 1.64. The summed E-state index contributed by atoms with van der Waals surface area (Å²) in [5.74, 6) is 0.622. The molecule has 0 aliphatic carbocycles. The van der Waals surface area contributed by atoms with Crippen LogP contribution >= 0.6 is 0 Å². The topological polar surface area (TPSA) is 88.7 Å². The van der Waals surface area contributed by atoms with Crippen molar-refractivity contribution in [3.05, 3.63) is 29.8 Å². The van der Waals surface area contributed by atoms with Crippen LogP contribution in [0.3, 0.4) is 0 Å². The van der Waals surface area contributed by atoms with Crippen LogP contribution in [0.4, 0.5) is 4.79 Å². The third-order valence-electron chi connectivity index (χ3n) is 5.41. The first-order valence-electron chi connectivity index (χ1n) is 10.3. The monoisotopic (exact) mass is 405 g/mol. The maximum Gasteiger partial charge on any atom is 0.315 e. The lowest BCUT2D eigenvalue weighted by Gasteiger charge is -2.38. The molecule has 1 aromatic carbocycles. The molecule has 1 fully saturated rings. The zero-order chi connectivity index (χ0) is 21.4. The predicted octanol–water partition coefficient (Wildman–Crippen LogP) is 2.59. The Morgan fingerprint density at radius 2 is 1.69 bits per heavy atom. The number of hydrogen-bond donors (Lipinski definition) is 3. The lowest BCUT2D eigenvalue weighted by Crippen LogP contribution is -2.55. The number of methoxy groups -OCH3 is 1. The largest absolute Gasteiger partial charge is 0.497 e. The fourth-order valence-corrected chi connectivity index (χ4v) is 3.63. The first kappa shape index (κ1) is 23.0. The SMILES string of the molecule is COc1ccc(C2(CNC(=O)NC(C(=O)NC(C)C)C(C)C)CCOCC2)cc1. The van der Waals surface area contributed by atoms with Crippen LogP contribution in [-0.2, 0) is 14.9 Å². The molecule has 0 aromatic heterocycles. The fraction of sp³-hybridized carbons (Fsp3) is 0.636. The van der Waals surface area contributed by atoms with Gasteiger partial charge in [0.2, 0.25) is 5.91 Å². The molecule has 1 heterocycles. The average molecular weight is 406 g/mol. The third-order valence-corrected chi connectivity index (χ3v) is 5.41. The zero-order valence-corrected chi connectivity index (χ0v) is 18.2. The number of nitrogens with one attached hydrogen (secondary N) is 3. The molecule has 0 radical (unpaired) electrons. The molecule has 1 aliphatic rings. The van der Waals surface area contributed by atoms with Crippen molar-refractivity contribution in [1.29, 1.82) is 0 Å². The molecule has 0 saturated carbocycles. The predicted molar refractivity (Wildman–Crippen MR) is 113 cm³/mol. The molecular weight excluding hydrogens is 370 g/mol. The highest BCUT2D eigenvalue weighted by Crippen LogP contribution is 2.35. The van der Waals surface area contributed by atoms with Crippen LogP contribution in [-0.4, -0.2) is 50.9 Å². The van der Waals surface area contributed by atoms with Crippen molar-refractivity contribution in [2.45, 2.75) is 58.0 Å². The van der Waals surface area contributed by atoms with Gasteiger partial charge in [-0.1, -0.05) is 26.0 Å². The van der Waals surface area contributed by atoms with Gasteiger partial charge in [-0.2, -0.15) is 0 Å². The van der Waals surface area contributed by atoms with E-state index in [0.717, 1.165) is 24.2 Å². The fourth-order valence-electron chi connectivity index (χ4n) is 3.63. The Morgan fingerprint density at radius 1 is 1.07 bits per heavy atom. The van der Waals surface area contributed by atoms with Crippen molar-refractivity contribution in [3.8, 4) is 5.75 Å². The van der Waals surface area contributed by atoms with Gasteiger partial charge in [0.05, 0.1) is 7.11 Å². The second-order valence-corrected chi connectivity index (χ2v) is 8.33. The Balaban J connectivity index is 2.06. The molecule has 162 valence electrons. The number of hydrogen-bond acceptors (Lipinski definition) is 4. The Labute approximate surface area is 173 Å². The first-order chi connectivity index (χ1) is 13.8. The van der Waals surface area contributed by atoms with E-state index in [9.17, 15) is 9.59 Å². The summed E-state index contributed by atoms with van der Waals surface area (Å²) in [7, 11) is 1.64. The number of ether oxygens (including phenoxy) is 2. The van der Waals surface area contributed by atoms with Crippen molar-refractivity contribution >= 4 is 11.9 Å². The molecule has 3 amide bonds. The van der Waals surface area contributed by atoms with Crippen LogP contribution in [0.2, 0.25) is 0 Å². The summed E-state index contributed by atoms with van der Waals surface area (Å²) in [6.45, 7) is 9.43. The lowest BCUT2D eigenvalue weighted by atomic mass is 9.74. The molecule has 1 unspecified atom stereocenters. The lowest BCUT2D eigenvalue weighted by molar-refractivity contribution is -0.124. The van der Waals surface area contributed by atoms with Crippen LogP contribution in [0.1, 0.15) is 46.1 Å². The first-order valence-corrected chi connectivity index (χ1v) is 10.3. The molecule has 0 spiro atoms. The number of urea groups is 1. The minimum absolute atomic E-state index is 0.0156. The van der Waals surface area contributed by atoms with E-state index in [1.54, 1.807) is 7.11 Å². The van der Waals surface area contributed by atoms with E-state index in [0.29, 0.717) is 19.8 Å². The maximum absolute atomic E-state index is 12.6. The quantitative estimate of drug-likeness (QED) is 0.620. The van der Waals surface area contributed by atoms with Crippen LogP contribution in [0, 0.1) is 5.92 Å². The van der Waals surface area contributed by atoms with E-state index in [1.807, 2.05) is 39.8 Å². The summed E-state index contributed by atoms with van der Waals surface area (Å²) < 4.78 is 10.8. The number of carbonyl (C=O) groups is 2. The maximum atomic E-state index is 12.6. The number of amides is 3. The van der Waals surface area contributed by atoms with Crippen LogP contribution in [0.15, 0.2) is 24.3 Å². The van der Waals surface area contributed by atoms with Gasteiger partial charge in [-0.25, -0.2) is 4.79 Å². The van der Waals surface area contributed by atoms with Crippen LogP contribution < -0.4 is 20.7 Å². The van der Waals surface area contributed by atoms with Gasteiger partial charge in [0.15, 0.2) is 0 Å². The van der Waals surface area contributed by atoms with Crippen LogP contribution in [0.25, 0.3) is 0 Å². The molecular formula is C22H35N3O4. The van der Waals surface area contributed by atoms with Gasteiger partial charge < -0.3 is 25.4 Å². The standard InChI is InChI=1S/C22H35N3O4/c1-15(2)19(20(26)24-16(3)4)25-21(27)23-14-22(10-12-29-13-11-22)17-6-8-18(28-5)9-7-17/h6-9,15-16,19H,10-14H2,1-5H3,(H,24,26)(H2,23,25,27). The van der Waals surface area contributed by atoms with Gasteiger partial charge in [0, 0.05) is 31.2 Å². The highest BCUT2D eigenvalue weighted by atomic mass is 16.5. The zero-order valence-electron chi connectivity index (χ0n) is 18.2. The summed E-state index contributed by atoms with van der Waals surface area (Å²) >= 11 is 0. The molecule has 1 atom stereocenters. The number of benzene rings is 1. The minimum Gasteiger partial charge on any atom is -0.497 e. The van der Waals surface area contributed by atoms with E-state index in [2.05, 4.69) is 28.1 Å². The summed E-state index contributed by atoms with van der Waals surface area (Å²) in [6, 6.07) is 7.10. The van der Waals surface area contributed by atoms with E-state index < -0.39 is 6.04 Å². The summed E-state index contributed by atoms with van der Waals surface area (Å²) in [5, 5.41) is 8.70. The molecule has 2 rings (SSSR count). The number of carbonyl (C=O) groups excluding carboxylic acids is 2. The second kappa shape index (κ2) is 10.5. The molecule has 0 bridgehead atoms. The van der Waals surface area contributed by atoms with E-state index in [1.165, 1.54) is 0 Å². The average Bonchev–Trinajstić information content (AvgIpc) is 2.70. The minimum atomic E-state index is -0.580. The molecule has 7 heteroatoms. The Hall–Kier alpha value is -2.28. The second-order valence-electron chi connectivity index (χ2n) is 8.33. The summed E-state index contributed by atoms with van der Waals surface area (Å²) in [5.41, 5.74) is 0.954. The van der Waals surface area contributed by atoms with Crippen molar-refractivity contribution in [2.75, 3.05) is 26.9 Å². The van der Waals surface area contributed by atoms with E-state index in [4.69, 9.17) is 9.47 Å². The van der Waals surface area contributed by atoms with Crippen LogP contribution in [0.5, 0.6) is 5.75 Å². The molecule has 1 aliphatic heterocycles. The molecule has 1 saturated heterocycles. The molecule has 3 N–H and O–H groups in total. The molecule has 1 aromatic rings. The molecule has 7 nitrogen and oxygen atoms in total. The highest BCUT2D eigenvalue weighted by Gasteiger charge is 2.35. The van der Waals surface area contributed by atoms with Crippen molar-refractivity contribution in [1.82, 2.24) is 16.0 Å². The molecule has 29 heavy (non-hydrogen) atoms. The summed E-state index contributed by atoms with van der Waals surface area (Å²) in [4.78, 5) is 25.0. The third kappa shape index (κ3) is 6.35. The Morgan fingerprint density at radius 3 is 2.21 bits per heavy atom. The normalized spacial score (nSPS) is 16.9. The highest BCUT2D eigenvalue weighted by molar-refractivity contribution is 5.87. The van der Waals surface area contributed by atoms with Gasteiger partial charge in [0.1, 0.15) is 11.8 Å². The van der Waals surface area contributed by atoms with Gasteiger partial charge in [0.25, 0.3) is 0 Å². The van der Waals surface area contributed by atoms with Crippen molar-refractivity contribution < 1.29 is 19.1 Å². The van der Waals surface area contributed by atoms with Gasteiger partial charge >= 0.3 is 6.03 Å². The van der Waals surface area contributed by atoms with Gasteiger partial charge in [-0.3, -0.25) is 4.79 Å². The van der Waals surface area contributed by atoms with Crippen molar-refractivity contribution in [3.63, 3.8) is 0 Å². The van der Waals surface area contributed by atoms with E-state index in [-0.39, 0.29) is 29.3 Å². The Kier molecular flexibility index (Phi) is 8.32.